The van der Waals surface area contributed by atoms with Crippen LogP contribution < -0.4 is 10.5 Å². The summed E-state index contributed by atoms with van der Waals surface area (Å²) in [5.41, 5.74) is 7.93. The molecule has 0 saturated heterocycles. The smallest absolute Gasteiger partial charge is 0.265 e. The van der Waals surface area contributed by atoms with E-state index < -0.39 is 10.0 Å². The van der Waals surface area contributed by atoms with Crippen molar-refractivity contribution in [1.82, 2.24) is 24.5 Å². The van der Waals surface area contributed by atoms with Gasteiger partial charge >= 0.3 is 0 Å². The van der Waals surface area contributed by atoms with E-state index >= 15 is 0 Å². The summed E-state index contributed by atoms with van der Waals surface area (Å²) in [5, 5.41) is 9.16. The molecule has 10 heteroatoms. The summed E-state index contributed by atoms with van der Waals surface area (Å²) < 4.78 is 31.4. The third-order valence-electron chi connectivity index (χ3n) is 4.40. The number of nitrogens with zero attached hydrogens (tertiary/aromatic N) is 5. The Morgan fingerprint density at radius 2 is 2.00 bits per heavy atom. The first-order valence-electron chi connectivity index (χ1n) is 8.55. The second-order valence-electron chi connectivity index (χ2n) is 6.47. The van der Waals surface area contributed by atoms with Crippen molar-refractivity contribution in [1.29, 1.82) is 0 Å². The van der Waals surface area contributed by atoms with Gasteiger partial charge in [-0.2, -0.15) is 10.2 Å². The van der Waals surface area contributed by atoms with Gasteiger partial charge in [-0.15, -0.1) is 0 Å². The quantitative estimate of drug-likeness (QED) is 0.531. The lowest BCUT2D eigenvalue weighted by Crippen LogP contribution is -2.13. The number of aryl methyl sites for hydroxylation is 1. The van der Waals surface area contributed by atoms with E-state index in [4.69, 9.17) is 5.73 Å². The Hall–Kier alpha value is -3.24. The molecule has 0 radical (unpaired) electrons. The lowest BCUT2D eigenvalue weighted by Gasteiger charge is -2.09. The Labute approximate surface area is 161 Å². The number of nitrogens with one attached hydrogen (secondary N) is 1. The fraction of sp³-hybridized carbons (Fsp3) is 0.167. The fourth-order valence-corrected chi connectivity index (χ4v) is 3.93. The van der Waals surface area contributed by atoms with Gasteiger partial charge in [0.25, 0.3) is 10.0 Å². The largest absolute Gasteiger partial charge is 0.324 e. The van der Waals surface area contributed by atoms with Gasteiger partial charge < -0.3 is 5.73 Å². The third kappa shape index (κ3) is 3.23. The number of para-hydroxylation sites is 1. The Morgan fingerprint density at radius 1 is 1.18 bits per heavy atom. The minimum atomic E-state index is -3.84. The molecule has 0 spiro atoms. The van der Waals surface area contributed by atoms with E-state index in [2.05, 4.69) is 19.9 Å². The van der Waals surface area contributed by atoms with Crippen LogP contribution in [-0.2, 0) is 17.1 Å². The van der Waals surface area contributed by atoms with Gasteiger partial charge in [0, 0.05) is 24.7 Å². The van der Waals surface area contributed by atoms with Gasteiger partial charge in [-0.25, -0.2) is 18.1 Å². The normalized spacial score (nSPS) is 13.0. The van der Waals surface area contributed by atoms with Gasteiger partial charge in [0.05, 0.1) is 29.8 Å². The Bertz CT molecular complexity index is 1260. The molecule has 9 nitrogen and oxygen atoms in total. The third-order valence-corrected chi connectivity index (χ3v) is 5.72. The molecule has 1 atom stereocenters. The van der Waals surface area contributed by atoms with E-state index in [9.17, 15) is 8.42 Å². The van der Waals surface area contributed by atoms with E-state index in [0.29, 0.717) is 17.0 Å². The highest BCUT2D eigenvalue weighted by Gasteiger charge is 2.19. The molecule has 0 aliphatic heterocycles. The minimum Gasteiger partial charge on any atom is -0.324 e. The standard InChI is InChI=1S/C18H19N7O2S/c1-12(19)13-6-7-20-17(8-13)25-11-15(10-22-25)28(26,27)23-16-5-3-4-14-9-21-24(2)18(14)16/h3-12,23H,19H2,1-2H3/t12-/m0/s1. The first kappa shape index (κ1) is 18.1. The summed E-state index contributed by atoms with van der Waals surface area (Å²) >= 11 is 0. The molecule has 0 aliphatic rings. The topological polar surface area (TPSA) is 121 Å². The molecule has 3 heterocycles. The van der Waals surface area contributed by atoms with Gasteiger partial charge in [0.2, 0.25) is 0 Å². The van der Waals surface area contributed by atoms with Crippen molar-refractivity contribution in [3.05, 3.63) is 60.7 Å². The van der Waals surface area contributed by atoms with Gasteiger partial charge in [0.15, 0.2) is 5.82 Å². The Morgan fingerprint density at radius 3 is 2.79 bits per heavy atom. The van der Waals surface area contributed by atoms with Crippen LogP contribution in [0.1, 0.15) is 18.5 Å². The van der Waals surface area contributed by atoms with Crippen LogP contribution in [0.4, 0.5) is 5.69 Å². The minimum absolute atomic E-state index is 0.0275. The highest BCUT2D eigenvalue weighted by molar-refractivity contribution is 7.92. The molecule has 1 aromatic carbocycles. The lowest BCUT2D eigenvalue weighted by atomic mass is 10.1. The van der Waals surface area contributed by atoms with Crippen molar-refractivity contribution >= 4 is 26.6 Å². The van der Waals surface area contributed by atoms with Crippen molar-refractivity contribution in [2.75, 3.05) is 4.72 Å². The molecule has 3 aromatic heterocycles. The number of hydrogen-bond acceptors (Lipinski definition) is 6. The van der Waals surface area contributed by atoms with Crippen LogP contribution >= 0.6 is 0 Å². The zero-order valence-corrected chi connectivity index (χ0v) is 16.1. The molecule has 4 aromatic rings. The Balaban J connectivity index is 1.68. The van der Waals surface area contributed by atoms with Crippen LogP contribution in [0.25, 0.3) is 16.7 Å². The van der Waals surface area contributed by atoms with E-state index in [0.717, 1.165) is 10.9 Å². The number of hydrogen-bond donors (Lipinski definition) is 2. The van der Waals surface area contributed by atoms with Crippen molar-refractivity contribution < 1.29 is 8.42 Å². The van der Waals surface area contributed by atoms with Crippen LogP contribution in [0, 0.1) is 0 Å². The number of pyridine rings is 1. The molecule has 3 N–H and O–H groups in total. The van der Waals surface area contributed by atoms with Crippen LogP contribution in [0.3, 0.4) is 0 Å². The highest BCUT2D eigenvalue weighted by atomic mass is 32.2. The summed E-state index contributed by atoms with van der Waals surface area (Å²) in [4.78, 5) is 4.26. The number of sulfonamides is 1. The number of nitrogens with two attached hydrogens (primary N) is 1. The van der Waals surface area contributed by atoms with Crippen LogP contribution in [0.2, 0.25) is 0 Å². The summed E-state index contributed by atoms with van der Waals surface area (Å²) in [7, 11) is -2.08. The van der Waals surface area contributed by atoms with Crippen molar-refractivity contribution in [3.63, 3.8) is 0 Å². The monoisotopic (exact) mass is 397 g/mol. The van der Waals surface area contributed by atoms with Gasteiger partial charge in [-0.1, -0.05) is 12.1 Å². The van der Waals surface area contributed by atoms with Gasteiger partial charge in [-0.05, 0) is 30.7 Å². The van der Waals surface area contributed by atoms with Gasteiger partial charge in [0.1, 0.15) is 4.90 Å². The number of fused-ring (bicyclic) bond motifs is 1. The van der Waals surface area contributed by atoms with Crippen molar-refractivity contribution in [3.8, 4) is 5.82 Å². The Kier molecular flexibility index (Phi) is 4.36. The van der Waals surface area contributed by atoms with Crippen LogP contribution in [-0.4, -0.2) is 33.0 Å². The van der Waals surface area contributed by atoms with Crippen LogP contribution in [0.5, 0.6) is 0 Å². The number of anilines is 1. The molecule has 28 heavy (non-hydrogen) atoms. The SMILES string of the molecule is C[C@H](N)c1ccnc(-n2cc(S(=O)(=O)Nc3cccc4cnn(C)c34)cn2)c1. The van der Waals surface area contributed by atoms with Crippen LogP contribution in [0.15, 0.2) is 60.0 Å². The average molecular weight is 397 g/mol. The zero-order valence-electron chi connectivity index (χ0n) is 15.3. The highest BCUT2D eigenvalue weighted by Crippen LogP contribution is 2.25. The molecule has 0 aliphatic carbocycles. The van der Waals surface area contributed by atoms with E-state index in [1.165, 1.54) is 17.1 Å². The fourth-order valence-electron chi connectivity index (χ4n) is 2.93. The van der Waals surface area contributed by atoms with Crippen molar-refractivity contribution in [2.24, 2.45) is 12.8 Å². The van der Waals surface area contributed by atoms with E-state index in [1.807, 2.05) is 19.1 Å². The summed E-state index contributed by atoms with van der Waals surface area (Å²) in [6.45, 7) is 1.86. The van der Waals surface area contributed by atoms with Crippen molar-refractivity contribution in [2.45, 2.75) is 17.9 Å². The maximum Gasteiger partial charge on any atom is 0.265 e. The second kappa shape index (κ2) is 6.73. The number of aromatic nitrogens is 5. The predicted molar refractivity (Wildman–Crippen MR) is 105 cm³/mol. The summed E-state index contributed by atoms with van der Waals surface area (Å²) in [6, 6.07) is 8.76. The molecule has 0 unspecified atom stereocenters. The summed E-state index contributed by atoms with van der Waals surface area (Å²) in [6.07, 6.45) is 6.00. The van der Waals surface area contributed by atoms with E-state index in [-0.39, 0.29) is 10.9 Å². The van der Waals surface area contributed by atoms with Gasteiger partial charge in [-0.3, -0.25) is 9.40 Å². The molecule has 0 amide bonds. The summed E-state index contributed by atoms with van der Waals surface area (Å²) in [5.74, 6) is 0.491. The lowest BCUT2D eigenvalue weighted by molar-refractivity contribution is 0.601. The molecule has 0 bridgehead atoms. The molecular weight excluding hydrogens is 378 g/mol. The molecule has 0 saturated carbocycles. The number of benzene rings is 1. The average Bonchev–Trinajstić information content (AvgIpc) is 3.30. The molecule has 0 fully saturated rings. The second-order valence-corrected chi connectivity index (χ2v) is 8.16. The maximum atomic E-state index is 12.9. The molecular formula is C18H19N7O2S. The van der Waals surface area contributed by atoms with E-state index in [1.54, 1.807) is 42.3 Å². The zero-order chi connectivity index (χ0) is 19.9. The number of rotatable bonds is 5. The molecule has 144 valence electrons. The first-order valence-corrected chi connectivity index (χ1v) is 10.0. The molecule has 4 rings (SSSR count). The maximum absolute atomic E-state index is 12.9. The first-order chi connectivity index (χ1) is 13.3. The predicted octanol–water partition coefficient (Wildman–Crippen LogP) is 1.97.